The summed E-state index contributed by atoms with van der Waals surface area (Å²) in [6.45, 7) is 9.01. The third kappa shape index (κ3) is 4.31. The standard InChI is InChI=1S/C20H24O6/c1-5-12(3)19(23)25-16-10-14(18(21)22)8-6-7-11(2)9-15-17(16)13(4)20(24)26-15/h5,8-9,15-17H,4,6-7,10H2,1-3H3,(H,21,22)/b11-9+,12-5-,14-8+/t15-,16+,17?/m0/s1. The van der Waals surface area contributed by atoms with Crippen molar-refractivity contribution in [3.05, 3.63) is 47.1 Å². The number of carboxylic acids is 1. The van der Waals surface area contributed by atoms with Crippen molar-refractivity contribution in [1.29, 1.82) is 0 Å². The Morgan fingerprint density at radius 2 is 2.12 bits per heavy atom. The molecule has 140 valence electrons. The van der Waals surface area contributed by atoms with Crippen LogP contribution in [0.25, 0.3) is 0 Å². The second-order valence-corrected chi connectivity index (χ2v) is 6.63. The van der Waals surface area contributed by atoms with Crippen LogP contribution in [0.5, 0.6) is 0 Å². The van der Waals surface area contributed by atoms with Gasteiger partial charge in [-0.3, -0.25) is 0 Å². The van der Waals surface area contributed by atoms with E-state index in [0.29, 0.717) is 18.4 Å². The molecule has 1 aliphatic heterocycles. The number of carbonyl (C=O) groups excluding carboxylic acids is 2. The largest absolute Gasteiger partial charge is 0.478 e. The molecule has 0 saturated carbocycles. The first-order valence-corrected chi connectivity index (χ1v) is 8.57. The third-order valence-corrected chi connectivity index (χ3v) is 4.75. The number of carboxylic acid groups (broad SMARTS) is 1. The zero-order valence-electron chi connectivity index (χ0n) is 15.3. The topological polar surface area (TPSA) is 89.9 Å². The lowest BCUT2D eigenvalue weighted by Gasteiger charge is -2.27. The first kappa shape index (κ1) is 19.7. The van der Waals surface area contributed by atoms with Gasteiger partial charge in [-0.15, -0.1) is 0 Å². The van der Waals surface area contributed by atoms with Crippen LogP contribution >= 0.6 is 0 Å². The van der Waals surface area contributed by atoms with E-state index in [0.717, 1.165) is 5.57 Å². The van der Waals surface area contributed by atoms with Crippen LogP contribution < -0.4 is 0 Å². The van der Waals surface area contributed by atoms with E-state index in [1.807, 2.05) is 13.0 Å². The van der Waals surface area contributed by atoms with E-state index < -0.39 is 36.0 Å². The Morgan fingerprint density at radius 3 is 2.73 bits per heavy atom. The predicted octanol–water partition coefficient (Wildman–Crippen LogP) is 3.10. The number of esters is 2. The highest BCUT2D eigenvalue weighted by Crippen LogP contribution is 2.36. The van der Waals surface area contributed by atoms with Crippen molar-refractivity contribution in [3.63, 3.8) is 0 Å². The second kappa shape index (κ2) is 8.17. The molecule has 1 fully saturated rings. The highest BCUT2D eigenvalue weighted by atomic mass is 16.6. The summed E-state index contributed by atoms with van der Waals surface area (Å²) in [5.74, 6) is -2.78. The Kier molecular flexibility index (Phi) is 6.18. The van der Waals surface area contributed by atoms with Crippen molar-refractivity contribution in [1.82, 2.24) is 0 Å². The molecule has 1 N–H and O–H groups in total. The number of allylic oxidation sites excluding steroid dienone is 3. The van der Waals surface area contributed by atoms with Crippen LogP contribution in [0.15, 0.2) is 47.1 Å². The summed E-state index contributed by atoms with van der Waals surface area (Å²) in [5.41, 5.74) is 1.73. The van der Waals surface area contributed by atoms with Gasteiger partial charge in [0.1, 0.15) is 12.2 Å². The second-order valence-electron chi connectivity index (χ2n) is 6.63. The van der Waals surface area contributed by atoms with Gasteiger partial charge in [0.25, 0.3) is 0 Å². The van der Waals surface area contributed by atoms with Gasteiger partial charge in [-0.25, -0.2) is 14.4 Å². The van der Waals surface area contributed by atoms with Gasteiger partial charge in [0.2, 0.25) is 0 Å². The quantitative estimate of drug-likeness (QED) is 0.472. The average molecular weight is 360 g/mol. The Bertz CT molecular complexity index is 725. The maximum atomic E-state index is 12.3. The Balaban J connectivity index is 2.46. The minimum atomic E-state index is -1.07. The predicted molar refractivity (Wildman–Crippen MR) is 95.1 cm³/mol. The van der Waals surface area contributed by atoms with Crippen molar-refractivity contribution in [2.24, 2.45) is 5.92 Å². The molecular weight excluding hydrogens is 336 g/mol. The minimum absolute atomic E-state index is 0.0121. The lowest BCUT2D eigenvalue weighted by Crippen LogP contribution is -2.34. The maximum absolute atomic E-state index is 12.3. The summed E-state index contributed by atoms with van der Waals surface area (Å²) < 4.78 is 11.0. The van der Waals surface area contributed by atoms with Gasteiger partial charge in [-0.2, -0.15) is 0 Å². The Labute approximate surface area is 152 Å². The number of aliphatic carboxylic acids is 1. The van der Waals surface area contributed by atoms with Crippen LogP contribution in [-0.2, 0) is 23.9 Å². The molecule has 0 aromatic carbocycles. The van der Waals surface area contributed by atoms with E-state index in [1.54, 1.807) is 26.0 Å². The van der Waals surface area contributed by atoms with E-state index in [4.69, 9.17) is 9.47 Å². The normalized spacial score (nSPS) is 31.0. The molecule has 0 aromatic rings. The fraction of sp³-hybridized carbons (Fsp3) is 0.450. The molecule has 2 rings (SSSR count). The fourth-order valence-electron chi connectivity index (χ4n) is 3.08. The molecular formula is C20H24O6. The number of carbonyl (C=O) groups is 3. The highest BCUT2D eigenvalue weighted by molar-refractivity contribution is 5.92. The van der Waals surface area contributed by atoms with E-state index in [2.05, 4.69) is 6.58 Å². The van der Waals surface area contributed by atoms with Gasteiger partial charge >= 0.3 is 17.9 Å². The summed E-state index contributed by atoms with van der Waals surface area (Å²) in [6, 6.07) is 0. The van der Waals surface area contributed by atoms with E-state index >= 15 is 0 Å². The van der Waals surface area contributed by atoms with Gasteiger partial charge in [0.05, 0.1) is 5.92 Å². The van der Waals surface area contributed by atoms with E-state index in [-0.39, 0.29) is 17.6 Å². The summed E-state index contributed by atoms with van der Waals surface area (Å²) in [5, 5.41) is 9.49. The SMILES string of the molecule is C=C1C(=O)O[C@H]2/C=C(\C)CC/C=C(/C(=O)O)C[C@@H](OC(=O)/C(C)=C\C)C12. The molecule has 0 aromatic heterocycles. The molecule has 6 heteroatoms. The lowest BCUT2D eigenvalue weighted by atomic mass is 9.85. The lowest BCUT2D eigenvalue weighted by molar-refractivity contribution is -0.148. The number of ether oxygens (including phenoxy) is 2. The van der Waals surface area contributed by atoms with Crippen LogP contribution in [0.2, 0.25) is 0 Å². The molecule has 1 aliphatic carbocycles. The van der Waals surface area contributed by atoms with Gasteiger partial charge in [-0.05, 0) is 39.7 Å². The summed E-state index contributed by atoms with van der Waals surface area (Å²) >= 11 is 0. The van der Waals surface area contributed by atoms with E-state index in [1.165, 1.54) is 0 Å². The van der Waals surface area contributed by atoms with Crippen LogP contribution in [0.1, 0.15) is 40.0 Å². The molecule has 1 heterocycles. The molecule has 0 radical (unpaired) electrons. The van der Waals surface area contributed by atoms with Gasteiger partial charge in [-0.1, -0.05) is 24.3 Å². The van der Waals surface area contributed by atoms with Gasteiger partial charge < -0.3 is 14.6 Å². The molecule has 2 aliphatic rings. The zero-order valence-corrected chi connectivity index (χ0v) is 15.3. The summed E-state index contributed by atoms with van der Waals surface area (Å²) in [4.78, 5) is 35.9. The molecule has 0 spiro atoms. The molecule has 6 nitrogen and oxygen atoms in total. The first-order chi connectivity index (χ1) is 12.2. The number of rotatable bonds is 3. The molecule has 0 amide bonds. The molecule has 1 unspecified atom stereocenters. The van der Waals surface area contributed by atoms with Crippen molar-refractivity contribution in [3.8, 4) is 0 Å². The highest BCUT2D eigenvalue weighted by Gasteiger charge is 2.45. The van der Waals surface area contributed by atoms with Crippen molar-refractivity contribution < 1.29 is 29.0 Å². The van der Waals surface area contributed by atoms with Crippen molar-refractivity contribution in [2.75, 3.05) is 0 Å². The Hall–Kier alpha value is -2.63. The smallest absolute Gasteiger partial charge is 0.334 e. The van der Waals surface area contributed by atoms with E-state index in [9.17, 15) is 19.5 Å². The monoisotopic (exact) mass is 360 g/mol. The fourth-order valence-corrected chi connectivity index (χ4v) is 3.08. The number of hydrogen-bond acceptors (Lipinski definition) is 5. The number of fused-ring (bicyclic) bond motifs is 1. The molecule has 0 bridgehead atoms. The average Bonchev–Trinajstić information content (AvgIpc) is 2.85. The van der Waals surface area contributed by atoms with Crippen LogP contribution in [0.3, 0.4) is 0 Å². The third-order valence-electron chi connectivity index (χ3n) is 4.75. The zero-order chi connectivity index (χ0) is 19.4. The molecule has 1 saturated heterocycles. The minimum Gasteiger partial charge on any atom is -0.478 e. The maximum Gasteiger partial charge on any atom is 0.334 e. The van der Waals surface area contributed by atoms with Gasteiger partial charge in [0, 0.05) is 23.1 Å². The van der Waals surface area contributed by atoms with Crippen molar-refractivity contribution in [2.45, 2.75) is 52.2 Å². The number of hydrogen-bond donors (Lipinski definition) is 1. The van der Waals surface area contributed by atoms with Gasteiger partial charge in [0.15, 0.2) is 0 Å². The molecule has 3 atom stereocenters. The van der Waals surface area contributed by atoms with Crippen molar-refractivity contribution >= 4 is 17.9 Å². The first-order valence-electron chi connectivity index (χ1n) is 8.57. The summed E-state index contributed by atoms with van der Waals surface area (Å²) in [7, 11) is 0. The summed E-state index contributed by atoms with van der Waals surface area (Å²) in [6.07, 6.45) is 4.81. The Morgan fingerprint density at radius 1 is 1.42 bits per heavy atom. The molecule has 26 heavy (non-hydrogen) atoms. The van der Waals surface area contributed by atoms with Crippen LogP contribution in [-0.4, -0.2) is 35.2 Å². The van der Waals surface area contributed by atoms with Crippen LogP contribution in [0.4, 0.5) is 0 Å². The van der Waals surface area contributed by atoms with Crippen LogP contribution in [0, 0.1) is 5.92 Å².